The van der Waals surface area contributed by atoms with E-state index in [0.29, 0.717) is 30.6 Å². The molecule has 0 fully saturated rings. The minimum atomic E-state index is -4.72. The summed E-state index contributed by atoms with van der Waals surface area (Å²) < 4.78 is 83.0. The number of halogens is 4. The Morgan fingerprint density at radius 3 is 2.25 bits per heavy atom. The smallest absolute Gasteiger partial charge is 0.416 e. The van der Waals surface area contributed by atoms with Crippen molar-refractivity contribution >= 4 is 15.7 Å². The van der Waals surface area contributed by atoms with Crippen LogP contribution in [0.2, 0.25) is 0 Å². The summed E-state index contributed by atoms with van der Waals surface area (Å²) in [7, 11) is -4.24. The zero-order valence-corrected chi connectivity index (χ0v) is 13.2. The van der Waals surface area contributed by atoms with Gasteiger partial charge < -0.3 is 4.74 Å². The molecule has 0 saturated heterocycles. The van der Waals surface area contributed by atoms with Crippen LogP contribution in [0.4, 0.5) is 23.2 Å². The first kappa shape index (κ1) is 18.1. The molecule has 0 atom stereocenters. The molecule has 130 valence electrons. The van der Waals surface area contributed by atoms with Gasteiger partial charge in [-0.05, 0) is 49.4 Å². The van der Waals surface area contributed by atoms with E-state index >= 15 is 0 Å². The van der Waals surface area contributed by atoms with Gasteiger partial charge in [0.15, 0.2) is 0 Å². The van der Waals surface area contributed by atoms with Crippen LogP contribution in [0, 0.1) is 5.82 Å². The van der Waals surface area contributed by atoms with E-state index in [2.05, 4.69) is 0 Å². The van der Waals surface area contributed by atoms with Gasteiger partial charge in [-0.2, -0.15) is 13.2 Å². The number of hydrogen-bond acceptors (Lipinski definition) is 3. The molecule has 0 aliphatic rings. The highest BCUT2D eigenvalue weighted by atomic mass is 32.2. The molecule has 4 nitrogen and oxygen atoms in total. The number of ether oxygens (including phenoxy) is 1. The SMILES string of the molecule is CCOc1ccc(S(=O)(=O)Nc2cc(C(F)(F)F)ccc2F)cc1. The molecule has 2 aromatic carbocycles. The summed E-state index contributed by atoms with van der Waals surface area (Å²) in [5.41, 5.74) is -1.94. The fraction of sp³-hybridized carbons (Fsp3) is 0.200. The maximum absolute atomic E-state index is 13.7. The molecule has 0 aliphatic heterocycles. The normalized spacial score (nSPS) is 12.0. The Kier molecular flexibility index (Phi) is 5.02. The van der Waals surface area contributed by atoms with Crippen LogP contribution in [-0.4, -0.2) is 15.0 Å². The summed E-state index contributed by atoms with van der Waals surface area (Å²) in [6, 6.07) is 6.68. The van der Waals surface area contributed by atoms with Crippen LogP contribution < -0.4 is 9.46 Å². The van der Waals surface area contributed by atoms with Crippen molar-refractivity contribution in [2.24, 2.45) is 0 Å². The quantitative estimate of drug-likeness (QED) is 0.816. The molecule has 0 unspecified atom stereocenters. The molecule has 24 heavy (non-hydrogen) atoms. The van der Waals surface area contributed by atoms with Gasteiger partial charge in [-0.15, -0.1) is 0 Å². The van der Waals surface area contributed by atoms with Gasteiger partial charge in [0.1, 0.15) is 11.6 Å². The summed E-state index contributed by atoms with van der Waals surface area (Å²) >= 11 is 0. The highest BCUT2D eigenvalue weighted by Gasteiger charge is 2.31. The van der Waals surface area contributed by atoms with E-state index < -0.39 is 33.3 Å². The van der Waals surface area contributed by atoms with Gasteiger partial charge in [0.25, 0.3) is 10.0 Å². The third kappa shape index (κ3) is 4.16. The van der Waals surface area contributed by atoms with Crippen molar-refractivity contribution in [1.29, 1.82) is 0 Å². The first-order valence-electron chi connectivity index (χ1n) is 6.76. The molecule has 0 aromatic heterocycles. The molecule has 2 aromatic rings. The van der Waals surface area contributed by atoms with Crippen LogP contribution >= 0.6 is 0 Å². The number of benzene rings is 2. The summed E-state index contributed by atoms with van der Waals surface area (Å²) in [6.07, 6.45) is -4.72. The van der Waals surface area contributed by atoms with Crippen LogP contribution in [0.25, 0.3) is 0 Å². The van der Waals surface area contributed by atoms with Crippen molar-refractivity contribution < 1.29 is 30.7 Å². The second-order valence-electron chi connectivity index (χ2n) is 4.70. The second-order valence-corrected chi connectivity index (χ2v) is 6.38. The van der Waals surface area contributed by atoms with Gasteiger partial charge in [0.05, 0.1) is 22.8 Å². The number of hydrogen-bond donors (Lipinski definition) is 1. The zero-order chi connectivity index (χ0) is 18.0. The van der Waals surface area contributed by atoms with Crippen molar-refractivity contribution in [2.75, 3.05) is 11.3 Å². The lowest BCUT2D eigenvalue weighted by molar-refractivity contribution is -0.137. The Balaban J connectivity index is 2.32. The molecule has 1 N–H and O–H groups in total. The van der Waals surface area contributed by atoms with Crippen LogP contribution in [0.3, 0.4) is 0 Å². The minimum Gasteiger partial charge on any atom is -0.494 e. The highest BCUT2D eigenvalue weighted by molar-refractivity contribution is 7.92. The Morgan fingerprint density at radius 1 is 1.08 bits per heavy atom. The molecule has 0 amide bonds. The van der Waals surface area contributed by atoms with Crippen molar-refractivity contribution in [3.05, 3.63) is 53.8 Å². The average molecular weight is 363 g/mol. The Morgan fingerprint density at radius 2 is 1.71 bits per heavy atom. The molecule has 2 rings (SSSR count). The van der Waals surface area contributed by atoms with Gasteiger partial charge in [0.2, 0.25) is 0 Å². The monoisotopic (exact) mass is 363 g/mol. The van der Waals surface area contributed by atoms with Crippen LogP contribution in [0.1, 0.15) is 12.5 Å². The third-order valence-electron chi connectivity index (χ3n) is 2.98. The van der Waals surface area contributed by atoms with Gasteiger partial charge in [0, 0.05) is 0 Å². The second kappa shape index (κ2) is 6.68. The molecular weight excluding hydrogens is 350 g/mol. The van der Waals surface area contributed by atoms with E-state index in [0.717, 1.165) is 0 Å². The molecule has 0 spiro atoms. The van der Waals surface area contributed by atoms with Gasteiger partial charge in [-0.3, -0.25) is 4.72 Å². The molecular formula is C15H13F4NO3S. The Bertz CT molecular complexity index is 818. The zero-order valence-electron chi connectivity index (χ0n) is 12.4. The lowest BCUT2D eigenvalue weighted by Gasteiger charge is -2.12. The molecule has 9 heteroatoms. The predicted octanol–water partition coefficient (Wildman–Crippen LogP) is 4.04. The average Bonchev–Trinajstić information content (AvgIpc) is 2.49. The summed E-state index contributed by atoms with van der Waals surface area (Å²) in [4.78, 5) is -0.234. The third-order valence-corrected chi connectivity index (χ3v) is 4.36. The molecule has 0 bridgehead atoms. The van der Waals surface area contributed by atoms with E-state index in [9.17, 15) is 26.0 Å². The summed E-state index contributed by atoms with van der Waals surface area (Å²) in [5.74, 6) is -0.681. The van der Waals surface area contributed by atoms with E-state index in [1.807, 2.05) is 4.72 Å². The lowest BCUT2D eigenvalue weighted by Crippen LogP contribution is -2.15. The van der Waals surface area contributed by atoms with E-state index in [1.165, 1.54) is 24.3 Å². The van der Waals surface area contributed by atoms with Gasteiger partial charge >= 0.3 is 6.18 Å². The predicted molar refractivity (Wildman–Crippen MR) is 79.8 cm³/mol. The van der Waals surface area contributed by atoms with E-state index in [-0.39, 0.29) is 4.90 Å². The standard InChI is InChI=1S/C15H13F4NO3S/c1-2-23-11-4-6-12(7-5-11)24(21,22)20-14-9-10(15(17,18)19)3-8-13(14)16/h3-9,20H,2H2,1H3. The number of rotatable bonds is 5. The Hall–Kier alpha value is -2.29. The van der Waals surface area contributed by atoms with Gasteiger partial charge in [-0.1, -0.05) is 0 Å². The van der Waals surface area contributed by atoms with Crippen molar-refractivity contribution in [3.63, 3.8) is 0 Å². The Labute approximate surface area is 136 Å². The first-order valence-corrected chi connectivity index (χ1v) is 8.24. The first-order chi connectivity index (χ1) is 11.1. The minimum absolute atomic E-state index is 0.234. The van der Waals surface area contributed by atoms with E-state index in [4.69, 9.17) is 4.74 Å². The number of sulfonamides is 1. The largest absolute Gasteiger partial charge is 0.494 e. The summed E-state index contributed by atoms with van der Waals surface area (Å²) in [6.45, 7) is 2.14. The molecule has 0 aliphatic carbocycles. The number of anilines is 1. The summed E-state index contributed by atoms with van der Waals surface area (Å²) in [5, 5.41) is 0. The molecule has 0 radical (unpaired) electrons. The molecule has 0 saturated carbocycles. The number of alkyl halides is 3. The van der Waals surface area contributed by atoms with Crippen LogP contribution in [0.15, 0.2) is 47.4 Å². The fourth-order valence-corrected chi connectivity index (χ4v) is 2.92. The van der Waals surface area contributed by atoms with Crippen LogP contribution in [-0.2, 0) is 16.2 Å². The van der Waals surface area contributed by atoms with Crippen LogP contribution in [0.5, 0.6) is 5.75 Å². The fourth-order valence-electron chi connectivity index (χ4n) is 1.87. The highest BCUT2D eigenvalue weighted by Crippen LogP contribution is 2.32. The topological polar surface area (TPSA) is 55.4 Å². The van der Waals surface area contributed by atoms with Crippen molar-refractivity contribution in [2.45, 2.75) is 18.0 Å². The van der Waals surface area contributed by atoms with Gasteiger partial charge in [-0.25, -0.2) is 12.8 Å². The lowest BCUT2D eigenvalue weighted by atomic mass is 10.2. The van der Waals surface area contributed by atoms with Crippen molar-refractivity contribution in [1.82, 2.24) is 0 Å². The van der Waals surface area contributed by atoms with E-state index in [1.54, 1.807) is 6.92 Å². The maximum Gasteiger partial charge on any atom is 0.416 e. The number of nitrogens with one attached hydrogen (secondary N) is 1. The molecule has 0 heterocycles. The maximum atomic E-state index is 13.7. The van der Waals surface area contributed by atoms with Crippen molar-refractivity contribution in [3.8, 4) is 5.75 Å².